The lowest BCUT2D eigenvalue weighted by Crippen LogP contribution is -2.12. The molecule has 0 bridgehead atoms. The first-order valence-electron chi connectivity index (χ1n) is 7.52. The van der Waals surface area contributed by atoms with Crippen LogP contribution in [0.5, 0.6) is 0 Å². The first kappa shape index (κ1) is 14.8. The summed E-state index contributed by atoms with van der Waals surface area (Å²) in [7, 11) is 3.82. The Bertz CT molecular complexity index is 1090. The van der Waals surface area contributed by atoms with E-state index in [1.54, 1.807) is 0 Å². The summed E-state index contributed by atoms with van der Waals surface area (Å²) in [5.74, 6) is 0.548. The molecular formula is C18H15ClN4O. The molecule has 0 radical (unpaired) electrons. The molecule has 4 aromatic rings. The van der Waals surface area contributed by atoms with E-state index in [0.717, 1.165) is 27.6 Å². The SMILES string of the molecule is CN(C)c1cc2[nH]c(=O)c(-c3nc4ccccc4[nH]3)cc2cc1Cl. The number of hydrogen-bond donors (Lipinski definition) is 2. The number of nitrogens with zero attached hydrogens (tertiary/aromatic N) is 2. The second-order valence-electron chi connectivity index (χ2n) is 5.90. The first-order chi connectivity index (χ1) is 11.5. The van der Waals surface area contributed by atoms with Crippen molar-refractivity contribution in [2.45, 2.75) is 0 Å². The van der Waals surface area contributed by atoms with Crippen molar-refractivity contribution in [3.63, 3.8) is 0 Å². The van der Waals surface area contributed by atoms with E-state index < -0.39 is 0 Å². The van der Waals surface area contributed by atoms with Crippen LogP contribution >= 0.6 is 11.6 Å². The number of rotatable bonds is 2. The third kappa shape index (κ3) is 2.34. The number of halogens is 1. The maximum Gasteiger partial charge on any atom is 0.259 e. The minimum Gasteiger partial charge on any atom is -0.376 e. The highest BCUT2D eigenvalue weighted by Crippen LogP contribution is 2.30. The zero-order valence-corrected chi connectivity index (χ0v) is 14.0. The van der Waals surface area contributed by atoms with Gasteiger partial charge in [-0.15, -0.1) is 0 Å². The van der Waals surface area contributed by atoms with Crippen LogP contribution in [0.4, 0.5) is 5.69 Å². The van der Waals surface area contributed by atoms with Crippen LogP contribution in [0.15, 0.2) is 47.3 Å². The molecule has 24 heavy (non-hydrogen) atoms. The second-order valence-corrected chi connectivity index (χ2v) is 6.31. The average molecular weight is 339 g/mol. The first-order valence-corrected chi connectivity index (χ1v) is 7.90. The van der Waals surface area contributed by atoms with Gasteiger partial charge in [-0.25, -0.2) is 4.98 Å². The van der Waals surface area contributed by atoms with Crippen LogP contribution in [0.2, 0.25) is 5.02 Å². The lowest BCUT2D eigenvalue weighted by atomic mass is 10.1. The van der Waals surface area contributed by atoms with Gasteiger partial charge in [-0.2, -0.15) is 0 Å². The zero-order valence-electron chi connectivity index (χ0n) is 13.2. The summed E-state index contributed by atoms with van der Waals surface area (Å²) in [6, 6.07) is 13.2. The Morgan fingerprint density at radius 1 is 1.04 bits per heavy atom. The predicted molar refractivity (Wildman–Crippen MR) is 99.0 cm³/mol. The molecule has 0 aliphatic heterocycles. The predicted octanol–water partition coefficient (Wildman–Crippen LogP) is 3.79. The van der Waals surface area contributed by atoms with Crippen LogP contribution in [0.1, 0.15) is 0 Å². The summed E-state index contributed by atoms with van der Waals surface area (Å²) in [5.41, 5.74) is 3.63. The third-order valence-corrected chi connectivity index (χ3v) is 4.34. The number of aromatic nitrogens is 3. The highest BCUT2D eigenvalue weighted by atomic mass is 35.5. The highest BCUT2D eigenvalue weighted by molar-refractivity contribution is 6.34. The molecule has 0 amide bonds. The van der Waals surface area contributed by atoms with Crippen molar-refractivity contribution in [3.8, 4) is 11.4 Å². The molecule has 0 fully saturated rings. The van der Waals surface area contributed by atoms with E-state index in [0.29, 0.717) is 16.4 Å². The molecule has 0 aliphatic rings. The van der Waals surface area contributed by atoms with E-state index in [2.05, 4.69) is 15.0 Å². The molecule has 0 spiro atoms. The second kappa shape index (κ2) is 5.39. The van der Waals surface area contributed by atoms with Crippen LogP contribution in [0.3, 0.4) is 0 Å². The van der Waals surface area contributed by atoms with Gasteiger partial charge in [-0.1, -0.05) is 23.7 Å². The molecule has 2 heterocycles. The van der Waals surface area contributed by atoms with Crippen molar-refractivity contribution in [2.24, 2.45) is 0 Å². The Hall–Kier alpha value is -2.79. The summed E-state index contributed by atoms with van der Waals surface area (Å²) < 4.78 is 0. The largest absolute Gasteiger partial charge is 0.376 e. The van der Waals surface area contributed by atoms with Crippen LogP contribution in [-0.2, 0) is 0 Å². The van der Waals surface area contributed by atoms with Crippen LogP contribution < -0.4 is 10.5 Å². The number of nitrogens with one attached hydrogen (secondary N) is 2. The van der Waals surface area contributed by atoms with Gasteiger partial charge in [-0.3, -0.25) is 4.79 Å². The molecule has 5 nitrogen and oxygen atoms in total. The van der Waals surface area contributed by atoms with Gasteiger partial charge in [0.05, 0.1) is 32.8 Å². The summed E-state index contributed by atoms with van der Waals surface area (Å²) in [5, 5.41) is 1.50. The van der Waals surface area contributed by atoms with E-state index in [1.165, 1.54) is 0 Å². The topological polar surface area (TPSA) is 64.8 Å². The summed E-state index contributed by atoms with van der Waals surface area (Å²) in [6.45, 7) is 0. The van der Waals surface area contributed by atoms with Crippen molar-refractivity contribution in [3.05, 3.63) is 57.8 Å². The molecular weight excluding hydrogens is 324 g/mol. The lowest BCUT2D eigenvalue weighted by Gasteiger charge is -2.15. The quantitative estimate of drug-likeness (QED) is 0.584. The molecule has 120 valence electrons. The van der Waals surface area contributed by atoms with Crippen molar-refractivity contribution in [2.75, 3.05) is 19.0 Å². The van der Waals surface area contributed by atoms with Gasteiger partial charge in [0.1, 0.15) is 5.82 Å². The molecule has 0 saturated carbocycles. The third-order valence-electron chi connectivity index (χ3n) is 4.04. The molecule has 0 aliphatic carbocycles. The average Bonchev–Trinajstić information content (AvgIpc) is 2.97. The Kier molecular flexibility index (Phi) is 3.32. The zero-order chi connectivity index (χ0) is 16.8. The fourth-order valence-electron chi connectivity index (χ4n) is 2.81. The number of imidazole rings is 1. The number of aromatic amines is 2. The minimum absolute atomic E-state index is 0.186. The number of para-hydroxylation sites is 2. The summed E-state index contributed by atoms with van der Waals surface area (Å²) in [4.78, 5) is 25.0. The van der Waals surface area contributed by atoms with Crippen molar-refractivity contribution in [1.82, 2.24) is 15.0 Å². The number of benzene rings is 2. The minimum atomic E-state index is -0.186. The Morgan fingerprint density at radius 2 is 1.83 bits per heavy atom. The monoisotopic (exact) mass is 338 g/mol. The molecule has 0 unspecified atom stereocenters. The van der Waals surface area contributed by atoms with E-state index in [4.69, 9.17) is 11.6 Å². The van der Waals surface area contributed by atoms with Gasteiger partial charge in [0, 0.05) is 19.5 Å². The van der Waals surface area contributed by atoms with E-state index in [1.807, 2.05) is 61.5 Å². The standard InChI is InChI=1S/C18H15ClN4O/c1-23(2)16-9-15-10(8-12(16)19)7-11(18(24)22-15)17-20-13-5-3-4-6-14(13)21-17/h3-9H,1-2H3,(H,20,21)(H,22,24). The van der Waals surface area contributed by atoms with E-state index >= 15 is 0 Å². The van der Waals surface area contributed by atoms with Crippen molar-refractivity contribution >= 4 is 39.2 Å². The lowest BCUT2D eigenvalue weighted by molar-refractivity contribution is 1.13. The molecule has 2 aromatic heterocycles. The van der Waals surface area contributed by atoms with Crippen molar-refractivity contribution in [1.29, 1.82) is 0 Å². The molecule has 2 aromatic carbocycles. The van der Waals surface area contributed by atoms with Gasteiger partial charge in [0.15, 0.2) is 0 Å². The van der Waals surface area contributed by atoms with E-state index in [-0.39, 0.29) is 5.56 Å². The molecule has 0 saturated heterocycles. The molecule has 0 atom stereocenters. The van der Waals surface area contributed by atoms with E-state index in [9.17, 15) is 4.79 Å². The van der Waals surface area contributed by atoms with Gasteiger partial charge >= 0.3 is 0 Å². The maximum absolute atomic E-state index is 12.5. The maximum atomic E-state index is 12.5. The number of fused-ring (bicyclic) bond motifs is 2. The summed E-state index contributed by atoms with van der Waals surface area (Å²) in [6.07, 6.45) is 0. The van der Waals surface area contributed by atoms with Crippen LogP contribution in [0.25, 0.3) is 33.3 Å². The van der Waals surface area contributed by atoms with Gasteiger partial charge in [0.2, 0.25) is 0 Å². The molecule has 4 rings (SSSR count). The number of pyridine rings is 1. The van der Waals surface area contributed by atoms with Gasteiger partial charge in [-0.05, 0) is 30.3 Å². The van der Waals surface area contributed by atoms with Crippen LogP contribution in [-0.4, -0.2) is 29.0 Å². The number of anilines is 1. The highest BCUT2D eigenvalue weighted by Gasteiger charge is 2.12. The van der Waals surface area contributed by atoms with Gasteiger partial charge < -0.3 is 14.9 Å². The molecule has 2 N–H and O–H groups in total. The number of hydrogen-bond acceptors (Lipinski definition) is 3. The van der Waals surface area contributed by atoms with Gasteiger partial charge in [0.25, 0.3) is 5.56 Å². The smallest absolute Gasteiger partial charge is 0.259 e. The normalized spacial score (nSPS) is 11.3. The summed E-state index contributed by atoms with van der Waals surface area (Å²) >= 11 is 6.34. The fourth-order valence-corrected chi connectivity index (χ4v) is 3.16. The Balaban J connectivity index is 1.94. The number of H-pyrrole nitrogens is 2. The Morgan fingerprint density at radius 3 is 2.58 bits per heavy atom. The fraction of sp³-hybridized carbons (Fsp3) is 0.111. The Labute approximate surface area is 142 Å². The van der Waals surface area contributed by atoms with Crippen molar-refractivity contribution < 1.29 is 0 Å². The van der Waals surface area contributed by atoms with Crippen LogP contribution in [0, 0.1) is 0 Å². The molecule has 6 heteroatoms.